The maximum atomic E-state index is 12.4. The normalized spacial score (nSPS) is 11.2. The predicted octanol–water partition coefficient (Wildman–Crippen LogP) is 4.39. The van der Waals surface area contributed by atoms with Gasteiger partial charge in [0.2, 0.25) is 0 Å². The van der Waals surface area contributed by atoms with E-state index in [1.165, 1.54) is 6.21 Å². The smallest absolute Gasteiger partial charge is 0.271 e. The van der Waals surface area contributed by atoms with Gasteiger partial charge >= 0.3 is 0 Å². The van der Waals surface area contributed by atoms with E-state index >= 15 is 0 Å². The fourth-order valence-corrected chi connectivity index (χ4v) is 3.20. The molecule has 132 valence electrons. The van der Waals surface area contributed by atoms with Gasteiger partial charge < -0.3 is 5.11 Å². The summed E-state index contributed by atoms with van der Waals surface area (Å²) in [5.74, 6) is -0.177. The van der Waals surface area contributed by atoms with Gasteiger partial charge in [0, 0.05) is 15.4 Å². The van der Waals surface area contributed by atoms with Gasteiger partial charge in [-0.05, 0) is 55.7 Å². The highest BCUT2D eigenvalue weighted by molar-refractivity contribution is 9.10. The minimum absolute atomic E-state index is 0.109. The Labute approximate surface area is 159 Å². The molecule has 0 aliphatic heterocycles. The Bertz CT molecular complexity index is 1040. The van der Waals surface area contributed by atoms with Crippen LogP contribution in [0.5, 0.6) is 5.75 Å². The number of hydrazone groups is 1. The number of para-hydroxylation sites is 1. The molecule has 0 saturated heterocycles. The molecule has 0 unspecified atom stereocenters. The number of carbonyl (C=O) groups is 1. The van der Waals surface area contributed by atoms with Gasteiger partial charge in [0.05, 0.1) is 11.9 Å². The predicted molar refractivity (Wildman–Crippen MR) is 107 cm³/mol. The number of amides is 1. The molecule has 1 amide bonds. The number of nitrogens with zero attached hydrogens (tertiary/aromatic N) is 2. The third kappa shape index (κ3) is 3.46. The average Bonchev–Trinajstić information content (AvgIpc) is 2.63. The topological polar surface area (TPSA) is 74.6 Å². The SMILES string of the molecule is Cc1c(Br)cc(C(=O)N/N=C/c2ccc3cccc(O)c3n2)c(C)c1C. The number of halogens is 1. The Balaban J connectivity index is 1.81. The lowest BCUT2D eigenvalue weighted by atomic mass is 9.98. The highest BCUT2D eigenvalue weighted by atomic mass is 79.9. The van der Waals surface area contributed by atoms with Crippen molar-refractivity contribution in [3.63, 3.8) is 0 Å². The molecule has 0 atom stereocenters. The van der Waals surface area contributed by atoms with E-state index in [-0.39, 0.29) is 11.7 Å². The van der Waals surface area contributed by atoms with Crippen molar-refractivity contribution in [2.75, 3.05) is 0 Å². The number of rotatable bonds is 3. The van der Waals surface area contributed by atoms with E-state index < -0.39 is 0 Å². The van der Waals surface area contributed by atoms with E-state index in [2.05, 4.69) is 31.4 Å². The van der Waals surface area contributed by atoms with Crippen LogP contribution in [0.4, 0.5) is 0 Å². The van der Waals surface area contributed by atoms with Gasteiger partial charge in [0.1, 0.15) is 11.3 Å². The molecule has 1 heterocycles. The number of nitrogens with one attached hydrogen (secondary N) is 1. The van der Waals surface area contributed by atoms with Gasteiger partial charge in [0.25, 0.3) is 5.91 Å². The number of aromatic hydroxyl groups is 1. The lowest BCUT2D eigenvalue weighted by Gasteiger charge is -2.12. The fraction of sp³-hybridized carbons (Fsp3) is 0.150. The Hall–Kier alpha value is -2.73. The summed E-state index contributed by atoms with van der Waals surface area (Å²) >= 11 is 3.48. The van der Waals surface area contributed by atoms with Crippen LogP contribution in [0.15, 0.2) is 46.0 Å². The number of aromatic nitrogens is 1. The quantitative estimate of drug-likeness (QED) is 0.495. The molecular formula is C20H18BrN3O2. The van der Waals surface area contributed by atoms with Crippen LogP contribution in [0, 0.1) is 20.8 Å². The molecule has 6 heteroatoms. The van der Waals surface area contributed by atoms with Crippen molar-refractivity contribution in [1.82, 2.24) is 10.4 Å². The summed E-state index contributed by atoms with van der Waals surface area (Å²) in [5, 5.41) is 14.7. The molecule has 2 aromatic carbocycles. The maximum Gasteiger partial charge on any atom is 0.271 e. The van der Waals surface area contributed by atoms with Crippen molar-refractivity contribution in [1.29, 1.82) is 0 Å². The van der Waals surface area contributed by atoms with Crippen LogP contribution < -0.4 is 5.43 Å². The molecule has 0 bridgehead atoms. The van der Waals surface area contributed by atoms with Crippen LogP contribution >= 0.6 is 15.9 Å². The lowest BCUT2D eigenvalue weighted by molar-refractivity contribution is 0.0954. The van der Waals surface area contributed by atoms with E-state index in [1.54, 1.807) is 24.3 Å². The third-order valence-corrected chi connectivity index (χ3v) is 5.31. The first kappa shape index (κ1) is 18.1. The molecule has 0 aliphatic carbocycles. The number of pyridine rings is 1. The lowest BCUT2D eigenvalue weighted by Crippen LogP contribution is -2.19. The van der Waals surface area contributed by atoms with Crippen LogP contribution in [-0.4, -0.2) is 22.2 Å². The van der Waals surface area contributed by atoms with Gasteiger partial charge in [0.15, 0.2) is 0 Å². The van der Waals surface area contributed by atoms with Crippen LogP contribution in [0.2, 0.25) is 0 Å². The van der Waals surface area contributed by atoms with Gasteiger partial charge in [-0.1, -0.05) is 34.1 Å². The summed E-state index contributed by atoms with van der Waals surface area (Å²) in [7, 11) is 0. The van der Waals surface area contributed by atoms with Crippen LogP contribution in [0.1, 0.15) is 32.7 Å². The van der Waals surface area contributed by atoms with Crippen LogP contribution in [0.3, 0.4) is 0 Å². The summed E-state index contributed by atoms with van der Waals surface area (Å²) in [4.78, 5) is 16.8. The number of hydrogen-bond acceptors (Lipinski definition) is 4. The summed E-state index contributed by atoms with van der Waals surface area (Å²) in [6.45, 7) is 5.91. The number of phenolic OH excluding ortho intramolecular Hbond substituents is 1. The molecule has 0 saturated carbocycles. The maximum absolute atomic E-state index is 12.4. The van der Waals surface area contributed by atoms with Crippen molar-refractivity contribution in [2.45, 2.75) is 20.8 Å². The highest BCUT2D eigenvalue weighted by Crippen LogP contribution is 2.26. The summed E-state index contributed by atoms with van der Waals surface area (Å²) < 4.78 is 0.890. The van der Waals surface area contributed by atoms with E-state index in [0.29, 0.717) is 16.8 Å². The largest absolute Gasteiger partial charge is 0.506 e. The Morgan fingerprint density at radius 1 is 1.15 bits per heavy atom. The van der Waals surface area contributed by atoms with Gasteiger partial charge in [-0.15, -0.1) is 0 Å². The molecule has 2 N–H and O–H groups in total. The van der Waals surface area contributed by atoms with E-state index in [9.17, 15) is 9.90 Å². The van der Waals surface area contributed by atoms with Crippen molar-refractivity contribution in [3.8, 4) is 5.75 Å². The summed E-state index contributed by atoms with van der Waals surface area (Å²) in [5.41, 5.74) is 7.25. The van der Waals surface area contributed by atoms with Crippen molar-refractivity contribution >= 4 is 39.0 Å². The molecule has 0 spiro atoms. The van der Waals surface area contributed by atoms with E-state index in [1.807, 2.05) is 32.9 Å². The summed E-state index contributed by atoms with van der Waals surface area (Å²) in [6.07, 6.45) is 1.45. The zero-order valence-corrected chi connectivity index (χ0v) is 16.3. The zero-order chi connectivity index (χ0) is 18.8. The van der Waals surface area contributed by atoms with Gasteiger partial charge in [-0.25, -0.2) is 10.4 Å². The average molecular weight is 412 g/mol. The van der Waals surface area contributed by atoms with Crippen LogP contribution in [-0.2, 0) is 0 Å². The van der Waals surface area contributed by atoms with Crippen molar-refractivity contribution in [3.05, 3.63) is 68.8 Å². The number of phenols is 1. The molecular weight excluding hydrogens is 394 g/mol. The number of hydrogen-bond donors (Lipinski definition) is 2. The Morgan fingerprint density at radius 3 is 2.69 bits per heavy atom. The molecule has 1 aromatic heterocycles. The van der Waals surface area contributed by atoms with Gasteiger partial charge in [-0.3, -0.25) is 4.79 Å². The minimum atomic E-state index is -0.286. The first-order valence-corrected chi connectivity index (χ1v) is 8.86. The first-order chi connectivity index (χ1) is 12.4. The van der Waals surface area contributed by atoms with Crippen LogP contribution in [0.25, 0.3) is 10.9 Å². The molecule has 26 heavy (non-hydrogen) atoms. The van der Waals surface area contributed by atoms with Gasteiger partial charge in [-0.2, -0.15) is 5.10 Å². The Kier molecular flexibility index (Phi) is 5.04. The standard InChI is InChI=1S/C20H18BrN3O2/c1-11-12(2)16(9-17(21)13(11)3)20(26)24-22-10-15-8-7-14-5-4-6-18(25)19(14)23-15/h4-10,25H,1-3H3,(H,24,26)/b22-10+. The molecule has 0 fully saturated rings. The third-order valence-electron chi connectivity index (χ3n) is 4.49. The summed E-state index contributed by atoms with van der Waals surface area (Å²) in [6, 6.07) is 10.6. The second-order valence-corrected chi connectivity index (χ2v) is 6.92. The molecule has 5 nitrogen and oxygen atoms in total. The second kappa shape index (κ2) is 7.25. The molecule has 3 aromatic rings. The zero-order valence-electron chi connectivity index (χ0n) is 14.7. The fourth-order valence-electron chi connectivity index (χ4n) is 2.68. The minimum Gasteiger partial charge on any atom is -0.506 e. The number of benzene rings is 2. The Morgan fingerprint density at radius 2 is 1.92 bits per heavy atom. The second-order valence-electron chi connectivity index (χ2n) is 6.07. The van der Waals surface area contributed by atoms with E-state index in [0.717, 1.165) is 26.5 Å². The number of carbonyl (C=O) groups excluding carboxylic acids is 1. The number of fused-ring (bicyclic) bond motifs is 1. The monoisotopic (exact) mass is 411 g/mol. The molecule has 3 rings (SSSR count). The van der Waals surface area contributed by atoms with Crippen molar-refractivity contribution < 1.29 is 9.90 Å². The molecule has 0 aliphatic rings. The van der Waals surface area contributed by atoms with Crippen molar-refractivity contribution in [2.24, 2.45) is 5.10 Å². The first-order valence-electron chi connectivity index (χ1n) is 8.07. The van der Waals surface area contributed by atoms with E-state index in [4.69, 9.17) is 0 Å². The molecule has 0 radical (unpaired) electrons. The highest BCUT2D eigenvalue weighted by Gasteiger charge is 2.13.